The van der Waals surface area contributed by atoms with Gasteiger partial charge in [-0.05, 0) is 43.5 Å². The lowest BCUT2D eigenvalue weighted by molar-refractivity contribution is -0.151. The van der Waals surface area contributed by atoms with Gasteiger partial charge in [0, 0.05) is 17.6 Å². The van der Waals surface area contributed by atoms with Crippen molar-refractivity contribution in [2.45, 2.75) is 36.2 Å². The van der Waals surface area contributed by atoms with Crippen LogP contribution in [0.3, 0.4) is 0 Å². The lowest BCUT2D eigenvalue weighted by Gasteiger charge is -2.22. The molecule has 12 heteroatoms. The third-order valence-corrected chi connectivity index (χ3v) is 8.78. The van der Waals surface area contributed by atoms with Crippen LogP contribution in [-0.2, 0) is 34.2 Å². The highest BCUT2D eigenvalue weighted by molar-refractivity contribution is 7.91. The molecule has 29 heavy (non-hydrogen) atoms. The van der Waals surface area contributed by atoms with Gasteiger partial charge in [0.1, 0.15) is 6.04 Å². The van der Waals surface area contributed by atoms with E-state index >= 15 is 0 Å². The normalized spacial score (nSPS) is 24.3. The Bertz CT molecular complexity index is 993. The van der Waals surface area contributed by atoms with Gasteiger partial charge in [-0.15, -0.1) is 0 Å². The number of carbonyl (C=O) groups is 2. The first-order valence-electron chi connectivity index (χ1n) is 9.02. The molecule has 3 rings (SSSR count). The summed E-state index contributed by atoms with van der Waals surface area (Å²) in [7, 11) is -7.06. The topological polar surface area (TPSA) is 127 Å². The quantitative estimate of drug-likeness (QED) is 0.601. The Morgan fingerprint density at radius 2 is 1.90 bits per heavy atom. The lowest BCUT2D eigenvalue weighted by Crippen LogP contribution is -2.43. The molecular weight excluding hydrogens is 444 g/mol. The van der Waals surface area contributed by atoms with Gasteiger partial charge in [0.2, 0.25) is 10.0 Å². The molecule has 160 valence electrons. The maximum absolute atomic E-state index is 12.8. The SMILES string of the molecule is O=C(COC(=O)[C@H]1CCCN1S(=O)(=O)c1ccc(Cl)cc1)N[C@@H]1CCS(=O)(=O)C1. The molecule has 1 aromatic rings. The van der Waals surface area contributed by atoms with E-state index in [0.717, 1.165) is 4.31 Å². The minimum absolute atomic E-state index is 0.0112. The number of nitrogens with zero attached hydrogens (tertiary/aromatic N) is 1. The van der Waals surface area contributed by atoms with Gasteiger partial charge < -0.3 is 10.1 Å². The summed E-state index contributed by atoms with van der Waals surface area (Å²) in [5.41, 5.74) is 0. The fourth-order valence-electron chi connectivity index (χ4n) is 3.42. The van der Waals surface area contributed by atoms with Gasteiger partial charge in [0.15, 0.2) is 16.4 Å². The Morgan fingerprint density at radius 3 is 2.52 bits per heavy atom. The summed E-state index contributed by atoms with van der Waals surface area (Å²) in [6.45, 7) is -0.433. The zero-order chi connectivity index (χ0) is 21.2. The van der Waals surface area contributed by atoms with E-state index in [1.54, 1.807) is 0 Å². The minimum Gasteiger partial charge on any atom is -0.454 e. The number of benzene rings is 1. The van der Waals surface area contributed by atoms with Crippen molar-refractivity contribution in [1.82, 2.24) is 9.62 Å². The lowest BCUT2D eigenvalue weighted by atomic mass is 10.2. The third-order valence-electron chi connectivity index (χ3n) is 4.84. The predicted octanol–water partition coefficient (Wildman–Crippen LogP) is 0.340. The summed E-state index contributed by atoms with van der Waals surface area (Å²) < 4.78 is 54.6. The highest BCUT2D eigenvalue weighted by Gasteiger charge is 2.40. The molecule has 2 atom stereocenters. The minimum atomic E-state index is -3.91. The van der Waals surface area contributed by atoms with E-state index in [9.17, 15) is 26.4 Å². The fourth-order valence-corrected chi connectivity index (χ4v) is 6.86. The number of hydrogen-bond donors (Lipinski definition) is 1. The number of esters is 1. The summed E-state index contributed by atoms with van der Waals surface area (Å²) in [6, 6.07) is 4.11. The van der Waals surface area contributed by atoms with Gasteiger partial charge in [0.25, 0.3) is 5.91 Å². The van der Waals surface area contributed by atoms with Crippen LogP contribution < -0.4 is 5.32 Å². The first kappa shape index (κ1) is 22.0. The Kier molecular flexibility index (Phi) is 6.51. The standard InChI is InChI=1S/C17H21ClN2O7S2/c18-12-3-5-14(6-4-12)29(25,26)20-8-1-2-15(20)17(22)27-10-16(21)19-13-7-9-28(23,24)11-13/h3-6,13,15H,1-2,7-11H2,(H,19,21)/t13-,15-/m1/s1. The molecule has 0 aromatic heterocycles. The van der Waals surface area contributed by atoms with E-state index < -0.39 is 50.4 Å². The Morgan fingerprint density at radius 1 is 1.21 bits per heavy atom. The Balaban J connectivity index is 1.58. The van der Waals surface area contributed by atoms with E-state index in [0.29, 0.717) is 17.9 Å². The number of hydrogen-bond acceptors (Lipinski definition) is 7. The largest absolute Gasteiger partial charge is 0.454 e. The molecule has 0 saturated carbocycles. The zero-order valence-corrected chi connectivity index (χ0v) is 17.8. The highest BCUT2D eigenvalue weighted by atomic mass is 35.5. The molecule has 2 aliphatic rings. The van der Waals surface area contributed by atoms with Gasteiger partial charge in [-0.3, -0.25) is 9.59 Å². The number of nitrogens with one attached hydrogen (secondary N) is 1. The molecule has 2 aliphatic heterocycles. The second-order valence-electron chi connectivity index (χ2n) is 7.00. The number of sulfone groups is 1. The molecule has 0 spiro atoms. The first-order valence-corrected chi connectivity index (χ1v) is 12.7. The average molecular weight is 465 g/mol. The monoisotopic (exact) mass is 464 g/mol. The smallest absolute Gasteiger partial charge is 0.324 e. The molecule has 2 fully saturated rings. The van der Waals surface area contributed by atoms with E-state index in [-0.39, 0.29) is 29.4 Å². The Hall–Kier alpha value is -1.69. The van der Waals surface area contributed by atoms with Gasteiger partial charge >= 0.3 is 5.97 Å². The van der Waals surface area contributed by atoms with Crippen LogP contribution in [0, 0.1) is 0 Å². The van der Waals surface area contributed by atoms with E-state index in [4.69, 9.17) is 16.3 Å². The van der Waals surface area contributed by atoms with Gasteiger partial charge in [-0.1, -0.05) is 11.6 Å². The molecule has 1 aromatic carbocycles. The molecule has 0 unspecified atom stereocenters. The molecule has 0 bridgehead atoms. The second-order valence-corrected chi connectivity index (χ2v) is 11.6. The van der Waals surface area contributed by atoms with Gasteiger partial charge in [-0.2, -0.15) is 4.31 Å². The van der Waals surface area contributed by atoms with Crippen LogP contribution in [0.4, 0.5) is 0 Å². The number of rotatable bonds is 6. The van der Waals surface area contributed by atoms with Crippen molar-refractivity contribution < 1.29 is 31.2 Å². The maximum atomic E-state index is 12.8. The van der Waals surface area contributed by atoms with Crippen molar-refractivity contribution in [3.05, 3.63) is 29.3 Å². The van der Waals surface area contributed by atoms with Crippen molar-refractivity contribution in [2.75, 3.05) is 24.7 Å². The summed E-state index contributed by atoms with van der Waals surface area (Å²) in [5.74, 6) is -1.56. The van der Waals surface area contributed by atoms with Crippen molar-refractivity contribution >= 4 is 43.3 Å². The molecule has 0 radical (unpaired) electrons. The molecule has 1 amide bonds. The van der Waals surface area contributed by atoms with Crippen molar-refractivity contribution in [1.29, 1.82) is 0 Å². The van der Waals surface area contributed by atoms with E-state index in [1.807, 2.05) is 0 Å². The second kappa shape index (κ2) is 8.58. The van der Waals surface area contributed by atoms with Gasteiger partial charge in [0.05, 0.1) is 16.4 Å². The van der Waals surface area contributed by atoms with Crippen LogP contribution in [-0.4, -0.2) is 69.8 Å². The fraction of sp³-hybridized carbons (Fsp3) is 0.529. The number of sulfonamides is 1. The van der Waals surface area contributed by atoms with Crippen LogP contribution in [0.2, 0.25) is 5.02 Å². The van der Waals surface area contributed by atoms with Crippen molar-refractivity contribution in [2.24, 2.45) is 0 Å². The molecule has 2 saturated heterocycles. The number of carbonyl (C=O) groups excluding carboxylic acids is 2. The van der Waals surface area contributed by atoms with E-state index in [1.165, 1.54) is 24.3 Å². The van der Waals surface area contributed by atoms with Crippen LogP contribution >= 0.6 is 11.6 Å². The average Bonchev–Trinajstić information content (AvgIpc) is 3.27. The van der Waals surface area contributed by atoms with Crippen LogP contribution in [0.1, 0.15) is 19.3 Å². The maximum Gasteiger partial charge on any atom is 0.324 e. The Labute approximate surface area is 174 Å². The summed E-state index contributed by atoms with van der Waals surface area (Å²) in [6.07, 6.45) is 1.09. The summed E-state index contributed by atoms with van der Waals surface area (Å²) >= 11 is 5.79. The zero-order valence-electron chi connectivity index (χ0n) is 15.4. The molecule has 9 nitrogen and oxygen atoms in total. The van der Waals surface area contributed by atoms with Crippen molar-refractivity contribution in [3.8, 4) is 0 Å². The first-order chi connectivity index (χ1) is 13.6. The summed E-state index contributed by atoms with van der Waals surface area (Å²) in [5, 5.41) is 2.90. The van der Waals surface area contributed by atoms with E-state index in [2.05, 4.69) is 5.32 Å². The molecule has 0 aliphatic carbocycles. The molecule has 1 N–H and O–H groups in total. The van der Waals surface area contributed by atoms with Crippen LogP contribution in [0.5, 0.6) is 0 Å². The number of ether oxygens (including phenoxy) is 1. The van der Waals surface area contributed by atoms with Crippen LogP contribution in [0.25, 0.3) is 0 Å². The number of amides is 1. The van der Waals surface area contributed by atoms with Gasteiger partial charge in [-0.25, -0.2) is 16.8 Å². The summed E-state index contributed by atoms with van der Waals surface area (Å²) in [4.78, 5) is 24.4. The number of halogens is 1. The third kappa shape index (κ3) is 5.27. The molecule has 2 heterocycles. The van der Waals surface area contributed by atoms with Crippen molar-refractivity contribution in [3.63, 3.8) is 0 Å². The predicted molar refractivity (Wildman–Crippen MR) is 105 cm³/mol. The molecular formula is C17H21ClN2O7S2. The van der Waals surface area contributed by atoms with Crippen LogP contribution in [0.15, 0.2) is 29.2 Å². The highest BCUT2D eigenvalue weighted by Crippen LogP contribution is 2.27.